The molecule has 0 spiro atoms. The zero-order valence-electron chi connectivity index (χ0n) is 23.5. The lowest BCUT2D eigenvalue weighted by molar-refractivity contribution is -0.119. The summed E-state index contributed by atoms with van der Waals surface area (Å²) in [5, 5.41) is 5.31. The van der Waals surface area contributed by atoms with Gasteiger partial charge in [0.1, 0.15) is 11.5 Å². The summed E-state index contributed by atoms with van der Waals surface area (Å²) in [6.45, 7) is 7.26. The molecule has 0 aliphatic carbocycles. The summed E-state index contributed by atoms with van der Waals surface area (Å²) in [5.41, 5.74) is 3.26. The second kappa shape index (κ2) is 11.4. The molecule has 10 heteroatoms. The van der Waals surface area contributed by atoms with Crippen LogP contribution in [-0.4, -0.2) is 78.8 Å². The number of anilines is 2. The fourth-order valence-electron chi connectivity index (χ4n) is 6.02. The van der Waals surface area contributed by atoms with E-state index in [9.17, 15) is 9.59 Å². The monoisotopic (exact) mass is 583 g/mol. The van der Waals surface area contributed by atoms with Crippen LogP contribution in [0.2, 0.25) is 0 Å². The summed E-state index contributed by atoms with van der Waals surface area (Å²) in [7, 11) is 0. The molecular weight excluding hydrogens is 550 g/mol. The maximum absolute atomic E-state index is 13.1. The van der Waals surface area contributed by atoms with E-state index in [-0.39, 0.29) is 17.5 Å². The number of fused-ring (bicyclic) bond motifs is 4. The van der Waals surface area contributed by atoms with Crippen LogP contribution in [0.1, 0.15) is 13.3 Å². The van der Waals surface area contributed by atoms with Crippen molar-refractivity contribution in [1.29, 1.82) is 0 Å². The number of amides is 1. The Labute approximate surface area is 247 Å². The van der Waals surface area contributed by atoms with Gasteiger partial charge in [-0.3, -0.25) is 18.9 Å². The zero-order chi connectivity index (χ0) is 28.6. The summed E-state index contributed by atoms with van der Waals surface area (Å²) in [6, 6.07) is 18.2. The van der Waals surface area contributed by atoms with E-state index in [2.05, 4.69) is 46.3 Å². The highest BCUT2D eigenvalue weighted by Gasteiger charge is 2.24. The predicted octanol–water partition coefficient (Wildman–Crippen LogP) is 4.62. The Bertz CT molecular complexity index is 1840. The SMILES string of the molecule is CC[C@@H]1COCCN1CC(=O)Nc1ccc2sc3c(-c4cccn5c(=O)cc(N6CCOCC6)nc45)cccc3c2c1. The fraction of sp³-hybridized carbons (Fsp3) is 0.344. The van der Waals surface area contributed by atoms with E-state index >= 15 is 0 Å². The van der Waals surface area contributed by atoms with Gasteiger partial charge in [-0.2, -0.15) is 0 Å². The quantitative estimate of drug-likeness (QED) is 0.312. The third-order valence-electron chi connectivity index (χ3n) is 8.25. The second-order valence-corrected chi connectivity index (χ2v) is 11.9. The molecule has 3 aromatic heterocycles. The van der Waals surface area contributed by atoms with Crippen molar-refractivity contribution in [1.82, 2.24) is 14.3 Å². The lowest BCUT2D eigenvalue weighted by Gasteiger charge is -2.34. The van der Waals surface area contributed by atoms with Crippen molar-refractivity contribution in [3.8, 4) is 11.1 Å². The van der Waals surface area contributed by atoms with E-state index in [0.717, 1.165) is 50.0 Å². The van der Waals surface area contributed by atoms with E-state index in [1.165, 1.54) is 0 Å². The first-order valence-corrected chi connectivity index (χ1v) is 15.3. The Morgan fingerprint density at radius 3 is 2.69 bits per heavy atom. The minimum absolute atomic E-state index is 0.0155. The Morgan fingerprint density at radius 2 is 1.83 bits per heavy atom. The van der Waals surface area contributed by atoms with E-state index in [1.807, 2.05) is 24.3 Å². The maximum atomic E-state index is 13.1. The number of ether oxygens (including phenoxy) is 2. The number of aromatic nitrogens is 2. The third-order valence-corrected chi connectivity index (χ3v) is 9.47. The smallest absolute Gasteiger partial charge is 0.259 e. The lowest BCUT2D eigenvalue weighted by atomic mass is 10.0. The molecule has 2 fully saturated rings. The summed E-state index contributed by atoms with van der Waals surface area (Å²) in [5.74, 6) is 0.667. The average Bonchev–Trinajstić information content (AvgIpc) is 3.40. The van der Waals surface area contributed by atoms with Crippen molar-refractivity contribution in [2.24, 2.45) is 0 Å². The standard InChI is InChI=1S/C32H33N5O4S/c1-2-22-20-41-16-13-36(22)19-29(38)33-21-8-9-27-26(17-21)24-6-3-5-23(31(24)42-27)25-7-4-10-37-30(39)18-28(34-32(25)37)35-11-14-40-15-12-35/h3-10,17-18,22H,2,11-16,19-20H2,1H3,(H,33,38)/t22-/m1/s1. The number of morpholine rings is 2. The number of benzene rings is 2. The summed E-state index contributed by atoms with van der Waals surface area (Å²) < 4.78 is 15.0. The van der Waals surface area contributed by atoms with Crippen LogP contribution in [0.5, 0.6) is 0 Å². The molecule has 1 atom stereocenters. The van der Waals surface area contributed by atoms with Gasteiger partial charge in [0.25, 0.3) is 5.56 Å². The van der Waals surface area contributed by atoms with E-state index in [1.54, 1.807) is 28.0 Å². The van der Waals surface area contributed by atoms with Crippen LogP contribution in [0.4, 0.5) is 11.5 Å². The first-order valence-electron chi connectivity index (χ1n) is 14.5. The van der Waals surface area contributed by atoms with Gasteiger partial charge in [0.15, 0.2) is 0 Å². The Hall–Kier alpha value is -3.83. The minimum atomic E-state index is -0.102. The highest BCUT2D eigenvalue weighted by Crippen LogP contribution is 2.41. The largest absolute Gasteiger partial charge is 0.378 e. The van der Waals surface area contributed by atoms with Gasteiger partial charge in [0.05, 0.1) is 33.0 Å². The van der Waals surface area contributed by atoms with Crippen LogP contribution in [0, 0.1) is 0 Å². The average molecular weight is 584 g/mol. The second-order valence-electron chi connectivity index (χ2n) is 10.8. The minimum Gasteiger partial charge on any atom is -0.378 e. The van der Waals surface area contributed by atoms with Crippen LogP contribution >= 0.6 is 11.3 Å². The Morgan fingerprint density at radius 1 is 1.00 bits per heavy atom. The zero-order valence-corrected chi connectivity index (χ0v) is 24.4. The highest BCUT2D eigenvalue weighted by atomic mass is 32.1. The summed E-state index contributed by atoms with van der Waals surface area (Å²) >= 11 is 1.71. The van der Waals surface area contributed by atoms with Crippen molar-refractivity contribution < 1.29 is 14.3 Å². The van der Waals surface area contributed by atoms with Gasteiger partial charge in [0, 0.05) is 74.9 Å². The highest BCUT2D eigenvalue weighted by molar-refractivity contribution is 7.26. The van der Waals surface area contributed by atoms with Gasteiger partial charge in [0.2, 0.25) is 5.91 Å². The van der Waals surface area contributed by atoms with E-state index < -0.39 is 0 Å². The molecule has 2 aliphatic rings. The number of nitrogens with one attached hydrogen (secondary N) is 1. The van der Waals surface area contributed by atoms with Crippen molar-refractivity contribution in [3.05, 3.63) is 71.1 Å². The molecule has 0 unspecified atom stereocenters. The first kappa shape index (κ1) is 27.0. The van der Waals surface area contributed by atoms with Crippen LogP contribution in [-0.2, 0) is 14.3 Å². The molecule has 2 saturated heterocycles. The molecule has 9 nitrogen and oxygen atoms in total. The van der Waals surface area contributed by atoms with Gasteiger partial charge < -0.3 is 19.7 Å². The molecule has 0 radical (unpaired) electrons. The van der Waals surface area contributed by atoms with Crippen molar-refractivity contribution in [2.75, 3.05) is 62.8 Å². The number of nitrogens with zero attached hydrogens (tertiary/aromatic N) is 4. The van der Waals surface area contributed by atoms with Crippen LogP contribution in [0.25, 0.3) is 36.9 Å². The number of hydrogen-bond donors (Lipinski definition) is 1. The third kappa shape index (κ3) is 5.05. The van der Waals surface area contributed by atoms with E-state index in [0.29, 0.717) is 57.5 Å². The molecule has 0 saturated carbocycles. The number of carbonyl (C=O) groups is 1. The summed E-state index contributed by atoms with van der Waals surface area (Å²) in [6.07, 6.45) is 2.73. The van der Waals surface area contributed by atoms with Crippen molar-refractivity contribution in [2.45, 2.75) is 19.4 Å². The number of hydrogen-bond acceptors (Lipinski definition) is 8. The molecule has 7 rings (SSSR count). The number of rotatable bonds is 6. The van der Waals surface area contributed by atoms with Crippen LogP contribution in [0.3, 0.4) is 0 Å². The summed E-state index contributed by atoms with van der Waals surface area (Å²) in [4.78, 5) is 35.4. The Kier molecular flexibility index (Phi) is 7.37. The maximum Gasteiger partial charge on any atom is 0.259 e. The molecule has 0 bridgehead atoms. The molecular formula is C32H33N5O4S. The van der Waals surface area contributed by atoms with Crippen molar-refractivity contribution >= 4 is 54.6 Å². The van der Waals surface area contributed by atoms with Crippen molar-refractivity contribution in [3.63, 3.8) is 0 Å². The molecule has 42 heavy (non-hydrogen) atoms. The first-order chi connectivity index (χ1) is 20.6. The van der Waals surface area contributed by atoms with Crippen LogP contribution in [0.15, 0.2) is 65.6 Å². The molecule has 5 aromatic rings. The molecule has 1 N–H and O–H groups in total. The normalized spacial score (nSPS) is 18.2. The van der Waals surface area contributed by atoms with Gasteiger partial charge >= 0.3 is 0 Å². The molecule has 5 heterocycles. The van der Waals surface area contributed by atoms with Gasteiger partial charge in [-0.05, 0) is 36.8 Å². The van der Waals surface area contributed by atoms with E-state index in [4.69, 9.17) is 14.5 Å². The fourth-order valence-corrected chi connectivity index (χ4v) is 7.24. The molecule has 2 aromatic carbocycles. The Balaban J connectivity index is 1.24. The van der Waals surface area contributed by atoms with Gasteiger partial charge in [-0.1, -0.05) is 25.1 Å². The topological polar surface area (TPSA) is 88.4 Å². The number of pyridine rings is 1. The molecule has 2 aliphatic heterocycles. The van der Waals surface area contributed by atoms with Gasteiger partial charge in [-0.25, -0.2) is 4.98 Å². The molecule has 216 valence electrons. The predicted molar refractivity (Wildman–Crippen MR) is 168 cm³/mol. The molecule has 1 amide bonds. The number of thiophene rings is 1. The van der Waals surface area contributed by atoms with Crippen LogP contribution < -0.4 is 15.8 Å². The lowest BCUT2D eigenvalue weighted by Crippen LogP contribution is -2.48. The van der Waals surface area contributed by atoms with Gasteiger partial charge in [-0.15, -0.1) is 11.3 Å². The number of carbonyl (C=O) groups excluding carboxylic acids is 1.